The molecule has 2 aromatic heterocycles. The molecule has 0 spiro atoms. The Kier molecular flexibility index (Phi) is 11.6. The smallest absolute Gasteiger partial charge is 0.304 e. The molecule has 11 heteroatoms. The van der Waals surface area contributed by atoms with Crippen molar-refractivity contribution in [2.75, 3.05) is 69.7 Å². The molecule has 0 saturated carbocycles. The number of anilines is 2. The summed E-state index contributed by atoms with van der Waals surface area (Å²) in [5.74, 6) is 1.72. The quantitative estimate of drug-likeness (QED) is 0.224. The first-order valence-electron chi connectivity index (χ1n) is 18.7. The zero-order valence-corrected chi connectivity index (χ0v) is 30.4. The van der Waals surface area contributed by atoms with E-state index in [0.29, 0.717) is 32.0 Å². The molecule has 2 atom stereocenters. The Morgan fingerprint density at radius 3 is 2.58 bits per heavy atom. The maximum atomic E-state index is 12.7. The summed E-state index contributed by atoms with van der Waals surface area (Å²) in [6.07, 6.45) is 7.74. The van der Waals surface area contributed by atoms with Gasteiger partial charge in [0.25, 0.3) is 0 Å². The highest BCUT2D eigenvalue weighted by Gasteiger charge is 2.29. The average molecular weight is 686 g/mol. The number of benzene rings is 1. The molecule has 270 valence electrons. The first-order valence-corrected chi connectivity index (χ1v) is 18.7. The number of piperazine rings is 1. The number of hydrogen-bond acceptors (Lipinski definition) is 8. The molecule has 2 saturated heterocycles. The van der Waals surface area contributed by atoms with Gasteiger partial charge in [0.2, 0.25) is 5.91 Å². The monoisotopic (exact) mass is 685 g/mol. The second-order valence-corrected chi connectivity index (χ2v) is 14.5. The summed E-state index contributed by atoms with van der Waals surface area (Å²) >= 11 is 0. The van der Waals surface area contributed by atoms with Crippen LogP contribution in [0.15, 0.2) is 30.3 Å². The van der Waals surface area contributed by atoms with Crippen molar-refractivity contribution in [3.63, 3.8) is 0 Å². The first kappa shape index (κ1) is 35.7. The number of hydrogen-bond donors (Lipinski definition) is 2. The molecule has 3 aliphatic rings. The summed E-state index contributed by atoms with van der Waals surface area (Å²) in [5.41, 5.74) is 7.26. The maximum Gasteiger partial charge on any atom is 0.304 e. The van der Waals surface area contributed by atoms with E-state index in [2.05, 4.69) is 59.3 Å². The first-order chi connectivity index (χ1) is 24.2. The Balaban J connectivity index is 1.17. The van der Waals surface area contributed by atoms with E-state index in [1.54, 1.807) is 7.11 Å². The van der Waals surface area contributed by atoms with Crippen LogP contribution in [0.3, 0.4) is 0 Å². The molecule has 5 heterocycles. The Labute approximate surface area is 297 Å². The molecule has 2 N–H and O–H groups in total. The third-order valence-corrected chi connectivity index (χ3v) is 10.7. The van der Waals surface area contributed by atoms with Gasteiger partial charge in [-0.2, -0.15) is 5.10 Å². The van der Waals surface area contributed by atoms with E-state index in [0.717, 1.165) is 123 Å². The van der Waals surface area contributed by atoms with E-state index in [1.165, 1.54) is 5.56 Å². The van der Waals surface area contributed by atoms with Crippen LogP contribution in [-0.2, 0) is 22.4 Å². The zero-order valence-electron chi connectivity index (χ0n) is 30.4. The number of carbonyl (C=O) groups excluding carboxylic acids is 1. The molecule has 0 radical (unpaired) electrons. The molecule has 3 aliphatic heterocycles. The molecular weight excluding hydrogens is 630 g/mol. The number of aliphatic carboxylic acids is 1. The summed E-state index contributed by atoms with van der Waals surface area (Å²) in [6.45, 7) is 12.6. The van der Waals surface area contributed by atoms with Crippen molar-refractivity contribution in [3.05, 3.63) is 58.5 Å². The largest absolute Gasteiger partial charge is 0.496 e. The summed E-state index contributed by atoms with van der Waals surface area (Å²) in [5, 5.41) is 18.3. The van der Waals surface area contributed by atoms with Crippen LogP contribution in [0.4, 0.5) is 11.5 Å². The lowest BCUT2D eigenvalue weighted by molar-refractivity contribution is -0.137. The van der Waals surface area contributed by atoms with Crippen LogP contribution < -0.4 is 15.0 Å². The van der Waals surface area contributed by atoms with Gasteiger partial charge >= 0.3 is 5.97 Å². The highest BCUT2D eigenvalue weighted by molar-refractivity contribution is 5.76. The standard InChI is InChI=1S/C39H55N7O4/c1-5-6-9-37(47)45-17-15-44(16-18-45)33-20-30(21-34(24-33)46-28(3)19-27(2)42-46)31(22-38(48)49)26-43-14-12-29(25-43)10-11-32-23-36(50-4)35-8-7-13-40-39(35)41-32/h19-21,23-24,29,31H,5-18,22,25-26H2,1-4H3,(H,40,41)(H,48,49). The molecule has 6 rings (SSSR count). The van der Waals surface area contributed by atoms with Crippen LogP contribution in [0.5, 0.6) is 5.75 Å². The fourth-order valence-electron chi connectivity index (χ4n) is 7.99. The van der Waals surface area contributed by atoms with Gasteiger partial charge in [-0.05, 0) is 94.7 Å². The van der Waals surface area contributed by atoms with E-state index in [-0.39, 0.29) is 18.2 Å². The van der Waals surface area contributed by atoms with Crippen molar-refractivity contribution in [2.45, 2.75) is 84.5 Å². The highest BCUT2D eigenvalue weighted by atomic mass is 16.5. The third-order valence-electron chi connectivity index (χ3n) is 10.7. The van der Waals surface area contributed by atoms with E-state index in [9.17, 15) is 14.7 Å². The fourth-order valence-corrected chi connectivity index (χ4v) is 7.99. The molecular formula is C39H55N7O4. The minimum Gasteiger partial charge on any atom is -0.496 e. The van der Waals surface area contributed by atoms with Gasteiger partial charge in [-0.3, -0.25) is 9.59 Å². The van der Waals surface area contributed by atoms with Crippen molar-refractivity contribution >= 4 is 23.4 Å². The van der Waals surface area contributed by atoms with Gasteiger partial charge in [-0.15, -0.1) is 0 Å². The number of unbranched alkanes of at least 4 members (excludes halogenated alkanes) is 1. The molecule has 3 aromatic rings. The number of nitrogens with zero attached hydrogens (tertiary/aromatic N) is 6. The zero-order chi connectivity index (χ0) is 35.2. The van der Waals surface area contributed by atoms with Crippen LogP contribution in [0.2, 0.25) is 0 Å². The highest BCUT2D eigenvalue weighted by Crippen LogP contribution is 2.34. The maximum absolute atomic E-state index is 12.7. The Bertz CT molecular complexity index is 1630. The van der Waals surface area contributed by atoms with Gasteiger partial charge in [0.05, 0.1) is 24.9 Å². The number of methoxy groups -OCH3 is 1. The van der Waals surface area contributed by atoms with Crippen LogP contribution in [-0.4, -0.2) is 101 Å². The van der Waals surface area contributed by atoms with Crippen LogP contribution in [0, 0.1) is 19.8 Å². The number of carboxylic acid groups (broad SMARTS) is 1. The number of carboxylic acids is 1. The number of amides is 1. The van der Waals surface area contributed by atoms with Gasteiger partial charge < -0.3 is 29.9 Å². The second kappa shape index (κ2) is 16.3. The van der Waals surface area contributed by atoms with Crippen LogP contribution >= 0.6 is 0 Å². The number of aryl methyl sites for hydroxylation is 3. The summed E-state index contributed by atoms with van der Waals surface area (Å²) in [6, 6.07) is 10.7. The summed E-state index contributed by atoms with van der Waals surface area (Å²) in [7, 11) is 1.74. The fraction of sp³-hybridized carbons (Fsp3) is 0.590. The molecule has 2 unspecified atom stereocenters. The van der Waals surface area contributed by atoms with Crippen molar-refractivity contribution in [2.24, 2.45) is 5.92 Å². The van der Waals surface area contributed by atoms with Crippen molar-refractivity contribution in [1.82, 2.24) is 24.6 Å². The summed E-state index contributed by atoms with van der Waals surface area (Å²) in [4.78, 5) is 36.7. The molecule has 11 nitrogen and oxygen atoms in total. The van der Waals surface area contributed by atoms with Crippen molar-refractivity contribution in [3.8, 4) is 11.4 Å². The predicted octanol–water partition coefficient (Wildman–Crippen LogP) is 5.60. The van der Waals surface area contributed by atoms with Gasteiger partial charge in [0.15, 0.2) is 0 Å². The van der Waals surface area contributed by atoms with Crippen LogP contribution in [0.1, 0.15) is 86.0 Å². The Morgan fingerprint density at radius 2 is 1.86 bits per heavy atom. The predicted molar refractivity (Wildman–Crippen MR) is 197 cm³/mol. The number of nitrogens with one attached hydrogen (secondary N) is 1. The number of fused-ring (bicyclic) bond motifs is 1. The van der Waals surface area contributed by atoms with E-state index in [1.807, 2.05) is 16.5 Å². The minimum atomic E-state index is -0.788. The van der Waals surface area contributed by atoms with Crippen molar-refractivity contribution in [1.29, 1.82) is 0 Å². The molecule has 0 bridgehead atoms. The minimum absolute atomic E-state index is 0.0622. The Hall–Kier alpha value is -4.12. The second-order valence-electron chi connectivity index (χ2n) is 14.5. The Morgan fingerprint density at radius 1 is 1.06 bits per heavy atom. The molecule has 1 amide bonds. The van der Waals surface area contributed by atoms with Gasteiger partial charge in [-0.25, -0.2) is 9.67 Å². The number of pyridine rings is 1. The van der Waals surface area contributed by atoms with Crippen LogP contribution in [0.25, 0.3) is 5.69 Å². The summed E-state index contributed by atoms with van der Waals surface area (Å²) < 4.78 is 7.69. The van der Waals surface area contributed by atoms with Gasteiger partial charge in [0.1, 0.15) is 11.6 Å². The lowest BCUT2D eigenvalue weighted by Crippen LogP contribution is -2.48. The van der Waals surface area contributed by atoms with Gasteiger partial charge in [0, 0.05) is 86.9 Å². The van der Waals surface area contributed by atoms with E-state index >= 15 is 0 Å². The topological polar surface area (TPSA) is 116 Å². The molecule has 50 heavy (non-hydrogen) atoms. The SMILES string of the molecule is CCCCC(=O)N1CCN(c2cc(C(CC(=O)O)CN3CCC(CCc4cc(OC)c5c(n4)NCCC5)C3)cc(-n3nc(C)cc3C)c2)CC1. The van der Waals surface area contributed by atoms with Crippen molar-refractivity contribution < 1.29 is 19.4 Å². The lowest BCUT2D eigenvalue weighted by Gasteiger charge is -2.37. The van der Waals surface area contributed by atoms with E-state index < -0.39 is 5.97 Å². The number of ether oxygens (including phenoxy) is 1. The lowest BCUT2D eigenvalue weighted by atomic mass is 9.93. The van der Waals surface area contributed by atoms with E-state index in [4.69, 9.17) is 14.8 Å². The molecule has 1 aromatic carbocycles. The normalized spacial score (nSPS) is 18.5. The number of rotatable bonds is 14. The number of aromatic nitrogens is 3. The third kappa shape index (κ3) is 8.60. The molecule has 2 fully saturated rings. The number of carbonyl (C=O) groups is 2. The van der Waals surface area contributed by atoms with Gasteiger partial charge in [-0.1, -0.05) is 13.3 Å². The average Bonchev–Trinajstić information content (AvgIpc) is 3.72. The number of likely N-dealkylation sites (tertiary alicyclic amines) is 1. The molecule has 0 aliphatic carbocycles.